The lowest BCUT2D eigenvalue weighted by Crippen LogP contribution is -2.16. The van der Waals surface area contributed by atoms with Crippen LogP contribution < -0.4 is 4.72 Å². The Bertz CT molecular complexity index is 754. The van der Waals surface area contributed by atoms with Gasteiger partial charge in [0, 0.05) is 12.1 Å². The zero-order valence-electron chi connectivity index (χ0n) is 10.6. The Labute approximate surface area is 114 Å². The largest absolute Gasteiger partial charge is 0.271 e. The van der Waals surface area contributed by atoms with Gasteiger partial charge in [0.2, 0.25) is 5.95 Å². The number of benzene rings is 1. The van der Waals surface area contributed by atoms with Crippen LogP contribution in [0.15, 0.2) is 23.4 Å². The third-order valence-corrected chi connectivity index (χ3v) is 4.22. The van der Waals surface area contributed by atoms with Crippen LogP contribution in [-0.2, 0) is 10.0 Å². The SMILES string of the molecule is Cc1cc([N+](=O)[O-])cc(S(=O)(=O)Nc2ncn[nH]2)c1C. The molecule has 0 unspecified atom stereocenters. The summed E-state index contributed by atoms with van der Waals surface area (Å²) in [6.07, 6.45) is 1.14. The molecule has 0 saturated carbocycles. The summed E-state index contributed by atoms with van der Waals surface area (Å²) >= 11 is 0. The Morgan fingerprint density at radius 2 is 2.05 bits per heavy atom. The van der Waals surface area contributed by atoms with Crippen molar-refractivity contribution in [3.05, 3.63) is 39.7 Å². The molecule has 0 amide bonds. The lowest BCUT2D eigenvalue weighted by Gasteiger charge is -2.10. The second-order valence-corrected chi connectivity index (χ2v) is 5.73. The Hall–Kier alpha value is -2.49. The van der Waals surface area contributed by atoms with Gasteiger partial charge in [0.1, 0.15) is 6.33 Å². The zero-order chi connectivity index (χ0) is 14.9. The Kier molecular flexibility index (Phi) is 3.40. The quantitative estimate of drug-likeness (QED) is 0.642. The van der Waals surface area contributed by atoms with Crippen molar-refractivity contribution in [3.63, 3.8) is 0 Å². The molecule has 2 aromatic rings. The molecule has 2 rings (SSSR count). The van der Waals surface area contributed by atoms with Gasteiger partial charge < -0.3 is 0 Å². The molecule has 9 nitrogen and oxygen atoms in total. The smallest absolute Gasteiger partial charge is 0.258 e. The number of anilines is 1. The van der Waals surface area contributed by atoms with Crippen LogP contribution in [0.5, 0.6) is 0 Å². The zero-order valence-corrected chi connectivity index (χ0v) is 11.4. The van der Waals surface area contributed by atoms with Gasteiger partial charge in [-0.25, -0.2) is 18.2 Å². The molecule has 1 heterocycles. The van der Waals surface area contributed by atoms with Gasteiger partial charge in [-0.2, -0.15) is 10.1 Å². The number of hydrogen-bond acceptors (Lipinski definition) is 6. The van der Waals surface area contributed by atoms with E-state index < -0.39 is 14.9 Å². The molecule has 2 N–H and O–H groups in total. The van der Waals surface area contributed by atoms with Crippen LogP contribution in [0.3, 0.4) is 0 Å². The van der Waals surface area contributed by atoms with Gasteiger partial charge in [0.05, 0.1) is 9.82 Å². The summed E-state index contributed by atoms with van der Waals surface area (Å²) in [7, 11) is -3.98. The molecule has 0 aliphatic carbocycles. The monoisotopic (exact) mass is 297 g/mol. The van der Waals surface area contributed by atoms with Crippen molar-refractivity contribution in [2.45, 2.75) is 18.7 Å². The molecule has 20 heavy (non-hydrogen) atoms. The van der Waals surface area contributed by atoms with Crippen molar-refractivity contribution >= 4 is 21.7 Å². The molecule has 0 fully saturated rings. The van der Waals surface area contributed by atoms with Crippen LogP contribution in [-0.4, -0.2) is 28.5 Å². The molecule has 0 saturated heterocycles. The minimum Gasteiger partial charge on any atom is -0.258 e. The van der Waals surface area contributed by atoms with Crippen molar-refractivity contribution in [1.82, 2.24) is 15.2 Å². The minimum absolute atomic E-state index is 0.0615. The summed E-state index contributed by atoms with van der Waals surface area (Å²) in [6, 6.07) is 2.34. The van der Waals surface area contributed by atoms with Crippen molar-refractivity contribution < 1.29 is 13.3 Å². The van der Waals surface area contributed by atoms with Crippen LogP contribution in [0.4, 0.5) is 11.6 Å². The van der Waals surface area contributed by atoms with Crippen LogP contribution in [0.25, 0.3) is 0 Å². The number of non-ortho nitro benzene ring substituents is 1. The highest BCUT2D eigenvalue weighted by molar-refractivity contribution is 7.92. The van der Waals surface area contributed by atoms with Crippen molar-refractivity contribution in [2.24, 2.45) is 0 Å². The number of aromatic nitrogens is 3. The second kappa shape index (κ2) is 4.89. The van der Waals surface area contributed by atoms with Gasteiger partial charge in [-0.15, -0.1) is 0 Å². The summed E-state index contributed by atoms with van der Waals surface area (Å²) in [5, 5.41) is 16.7. The van der Waals surface area contributed by atoms with E-state index in [1.54, 1.807) is 13.8 Å². The number of aromatic amines is 1. The Morgan fingerprint density at radius 1 is 1.35 bits per heavy atom. The molecule has 0 atom stereocenters. The summed E-state index contributed by atoms with van der Waals surface area (Å²) in [5.74, 6) is -0.0615. The van der Waals surface area contributed by atoms with Crippen LogP contribution >= 0.6 is 0 Å². The van der Waals surface area contributed by atoms with E-state index in [-0.39, 0.29) is 16.5 Å². The fourth-order valence-corrected chi connectivity index (χ4v) is 2.93. The van der Waals surface area contributed by atoms with E-state index in [0.717, 1.165) is 12.4 Å². The number of aryl methyl sites for hydroxylation is 1. The normalized spacial score (nSPS) is 11.3. The van der Waals surface area contributed by atoms with E-state index in [4.69, 9.17) is 0 Å². The van der Waals surface area contributed by atoms with Crippen molar-refractivity contribution in [3.8, 4) is 0 Å². The maximum Gasteiger partial charge on any atom is 0.271 e. The molecule has 0 aliphatic heterocycles. The van der Waals surface area contributed by atoms with E-state index in [1.165, 1.54) is 6.07 Å². The highest BCUT2D eigenvalue weighted by Crippen LogP contribution is 2.26. The topological polar surface area (TPSA) is 131 Å². The first-order valence-corrected chi connectivity index (χ1v) is 6.93. The second-order valence-electron chi connectivity index (χ2n) is 4.08. The number of rotatable bonds is 4. The first-order valence-electron chi connectivity index (χ1n) is 5.45. The molecule has 0 spiro atoms. The Balaban J connectivity index is 2.53. The van der Waals surface area contributed by atoms with Gasteiger partial charge in [0.25, 0.3) is 15.7 Å². The molecule has 10 heteroatoms. The standard InChI is InChI=1S/C10H11N5O4S/c1-6-3-8(15(16)17)4-9(7(6)2)20(18,19)14-10-11-5-12-13-10/h3-5H,1-2H3,(H2,11,12,13,14). The number of nitrogens with one attached hydrogen (secondary N) is 2. The number of H-pyrrole nitrogens is 1. The summed E-state index contributed by atoms with van der Waals surface area (Å²) in [6.45, 7) is 3.18. The number of nitro groups is 1. The van der Waals surface area contributed by atoms with Crippen LogP contribution in [0, 0.1) is 24.0 Å². The lowest BCUT2D eigenvalue weighted by atomic mass is 10.1. The molecule has 0 bridgehead atoms. The molecular formula is C10H11N5O4S. The molecule has 0 aliphatic rings. The predicted molar refractivity (Wildman–Crippen MR) is 69.8 cm³/mol. The van der Waals surface area contributed by atoms with Crippen LogP contribution in [0.1, 0.15) is 11.1 Å². The summed E-state index contributed by atoms with van der Waals surface area (Å²) in [4.78, 5) is 13.7. The predicted octanol–water partition coefficient (Wildman–Crippen LogP) is 1.13. The number of nitro benzene ring substituents is 1. The van der Waals surface area contributed by atoms with Gasteiger partial charge in [-0.05, 0) is 25.0 Å². The van der Waals surface area contributed by atoms with Gasteiger partial charge in [-0.1, -0.05) is 0 Å². The van der Waals surface area contributed by atoms with Crippen LogP contribution in [0.2, 0.25) is 0 Å². The average Bonchev–Trinajstić information content (AvgIpc) is 2.83. The fourth-order valence-electron chi connectivity index (χ4n) is 1.63. The molecule has 106 valence electrons. The van der Waals surface area contributed by atoms with E-state index >= 15 is 0 Å². The summed E-state index contributed by atoms with van der Waals surface area (Å²) in [5.41, 5.74) is 0.658. The maximum atomic E-state index is 12.2. The highest BCUT2D eigenvalue weighted by atomic mass is 32.2. The first kappa shape index (κ1) is 13.9. The maximum absolute atomic E-state index is 12.2. The van der Waals surface area contributed by atoms with Gasteiger partial charge in [0.15, 0.2) is 0 Å². The van der Waals surface area contributed by atoms with Gasteiger partial charge >= 0.3 is 0 Å². The summed E-state index contributed by atoms with van der Waals surface area (Å²) < 4.78 is 26.6. The van der Waals surface area contributed by atoms with Crippen molar-refractivity contribution in [2.75, 3.05) is 4.72 Å². The highest BCUT2D eigenvalue weighted by Gasteiger charge is 2.23. The number of hydrogen-bond donors (Lipinski definition) is 2. The molecule has 1 aromatic carbocycles. The van der Waals surface area contributed by atoms with E-state index in [2.05, 4.69) is 19.9 Å². The minimum atomic E-state index is -3.98. The number of nitrogens with zero attached hydrogens (tertiary/aromatic N) is 3. The van der Waals surface area contributed by atoms with E-state index in [9.17, 15) is 18.5 Å². The molecule has 0 radical (unpaired) electrons. The van der Waals surface area contributed by atoms with Gasteiger partial charge in [-0.3, -0.25) is 10.1 Å². The van der Waals surface area contributed by atoms with Crippen molar-refractivity contribution in [1.29, 1.82) is 0 Å². The third-order valence-electron chi connectivity index (χ3n) is 2.75. The Morgan fingerprint density at radius 3 is 2.60 bits per heavy atom. The first-order chi connectivity index (χ1) is 9.31. The van der Waals surface area contributed by atoms with E-state index in [1.807, 2.05) is 0 Å². The fraction of sp³-hybridized carbons (Fsp3) is 0.200. The number of sulfonamides is 1. The lowest BCUT2D eigenvalue weighted by molar-refractivity contribution is -0.385. The molecule has 1 aromatic heterocycles. The third kappa shape index (κ3) is 2.59. The average molecular weight is 297 g/mol. The van der Waals surface area contributed by atoms with E-state index in [0.29, 0.717) is 11.1 Å². The molecular weight excluding hydrogens is 286 g/mol.